The van der Waals surface area contributed by atoms with E-state index < -0.39 is 0 Å². The van der Waals surface area contributed by atoms with Gasteiger partial charge in [0.1, 0.15) is 11.6 Å². The Balaban J connectivity index is 2.38. The molecule has 0 spiro atoms. The van der Waals surface area contributed by atoms with Gasteiger partial charge in [0, 0.05) is 25.7 Å². The van der Waals surface area contributed by atoms with Crippen molar-refractivity contribution in [3.63, 3.8) is 0 Å². The summed E-state index contributed by atoms with van der Waals surface area (Å²) < 4.78 is 7.23. The van der Waals surface area contributed by atoms with Gasteiger partial charge in [-0.2, -0.15) is 5.10 Å². The summed E-state index contributed by atoms with van der Waals surface area (Å²) >= 11 is 6.18. The van der Waals surface area contributed by atoms with Crippen LogP contribution in [0.5, 0.6) is 5.75 Å². The second-order valence-electron chi connectivity index (χ2n) is 3.87. The normalized spacial score (nSPS) is 10.4. The number of rotatable bonds is 4. The lowest BCUT2D eigenvalue weighted by molar-refractivity contribution is 0.340. The Hall–Kier alpha value is -1.68. The Bertz CT molecular complexity index is 551. The maximum Gasteiger partial charge on any atom is 0.148 e. The lowest BCUT2D eigenvalue weighted by Gasteiger charge is -2.07. The molecule has 0 aliphatic heterocycles. The molecule has 0 bridgehead atoms. The maximum atomic E-state index is 6.18. The minimum atomic E-state index is 0.606. The van der Waals surface area contributed by atoms with Crippen molar-refractivity contribution in [2.75, 3.05) is 19.0 Å². The lowest BCUT2D eigenvalue weighted by Crippen LogP contribution is -1.96. The van der Waals surface area contributed by atoms with Gasteiger partial charge in [-0.25, -0.2) is 0 Å². The van der Waals surface area contributed by atoms with Crippen LogP contribution in [0, 0.1) is 0 Å². The van der Waals surface area contributed by atoms with Crippen molar-refractivity contribution in [1.29, 1.82) is 0 Å². The van der Waals surface area contributed by atoms with E-state index in [9.17, 15) is 0 Å². The number of nitrogens with one attached hydrogen (secondary N) is 1. The summed E-state index contributed by atoms with van der Waals surface area (Å²) in [5, 5.41) is 7.95. The molecule has 0 saturated carbocycles. The van der Waals surface area contributed by atoms with Gasteiger partial charge in [-0.15, -0.1) is 0 Å². The third kappa shape index (κ3) is 2.43. The first kappa shape index (κ1) is 12.8. The first-order chi connectivity index (χ1) is 8.65. The van der Waals surface area contributed by atoms with E-state index in [0.717, 1.165) is 17.1 Å². The van der Waals surface area contributed by atoms with Gasteiger partial charge in [0.15, 0.2) is 0 Å². The molecule has 1 heterocycles. The number of hydrogen-bond donors (Lipinski definition) is 1. The van der Waals surface area contributed by atoms with Crippen molar-refractivity contribution in [3.8, 4) is 17.0 Å². The van der Waals surface area contributed by atoms with E-state index in [0.29, 0.717) is 17.4 Å². The van der Waals surface area contributed by atoms with Crippen LogP contribution in [0.3, 0.4) is 0 Å². The number of ether oxygens (including phenoxy) is 1. The Morgan fingerprint density at radius 1 is 1.39 bits per heavy atom. The zero-order chi connectivity index (χ0) is 13.1. The zero-order valence-electron chi connectivity index (χ0n) is 10.7. The van der Waals surface area contributed by atoms with Gasteiger partial charge >= 0.3 is 0 Å². The van der Waals surface area contributed by atoms with Crippen molar-refractivity contribution in [2.24, 2.45) is 7.05 Å². The molecule has 1 aromatic heterocycles. The molecule has 0 aliphatic rings. The number of aryl methyl sites for hydroxylation is 1. The van der Waals surface area contributed by atoms with Gasteiger partial charge in [0.05, 0.1) is 17.3 Å². The SMILES string of the molecule is CCOc1ccc(-c2cc(NC)nn2C)cc1Cl. The van der Waals surface area contributed by atoms with Crippen molar-refractivity contribution in [1.82, 2.24) is 9.78 Å². The summed E-state index contributed by atoms with van der Waals surface area (Å²) in [7, 11) is 3.75. The van der Waals surface area contributed by atoms with E-state index in [2.05, 4.69) is 10.4 Å². The van der Waals surface area contributed by atoms with Crippen LogP contribution in [0.2, 0.25) is 5.02 Å². The molecular formula is C13H16ClN3O. The zero-order valence-corrected chi connectivity index (χ0v) is 11.5. The first-order valence-corrected chi connectivity index (χ1v) is 6.18. The van der Waals surface area contributed by atoms with Crippen LogP contribution < -0.4 is 10.1 Å². The summed E-state index contributed by atoms with van der Waals surface area (Å²) in [4.78, 5) is 0. The molecular weight excluding hydrogens is 250 g/mol. The van der Waals surface area contributed by atoms with E-state index in [1.54, 1.807) is 0 Å². The monoisotopic (exact) mass is 265 g/mol. The van der Waals surface area contributed by atoms with Gasteiger partial charge in [0.25, 0.3) is 0 Å². The molecule has 96 valence electrons. The van der Waals surface area contributed by atoms with Crippen LogP contribution in [0.1, 0.15) is 6.92 Å². The Labute approximate surface area is 112 Å². The topological polar surface area (TPSA) is 39.1 Å². The fourth-order valence-electron chi connectivity index (χ4n) is 1.79. The standard InChI is InChI=1S/C13H16ClN3O/c1-4-18-12-6-5-9(7-10(12)14)11-8-13(15-2)16-17(11)3/h5-8H,4H2,1-3H3,(H,15,16). The molecule has 0 radical (unpaired) electrons. The second kappa shape index (κ2) is 5.31. The molecule has 0 amide bonds. The molecule has 4 nitrogen and oxygen atoms in total. The molecule has 0 atom stereocenters. The van der Waals surface area contributed by atoms with Crippen LogP contribution in [0.4, 0.5) is 5.82 Å². The Morgan fingerprint density at radius 3 is 2.72 bits per heavy atom. The number of benzene rings is 1. The quantitative estimate of drug-likeness (QED) is 0.923. The molecule has 0 saturated heterocycles. The van der Waals surface area contributed by atoms with Crippen LogP contribution in [-0.4, -0.2) is 23.4 Å². The van der Waals surface area contributed by atoms with E-state index in [4.69, 9.17) is 16.3 Å². The molecule has 1 aromatic carbocycles. The van der Waals surface area contributed by atoms with Gasteiger partial charge in [-0.05, 0) is 25.1 Å². The van der Waals surface area contributed by atoms with E-state index in [-0.39, 0.29) is 0 Å². The molecule has 1 N–H and O–H groups in total. The molecule has 2 aromatic rings. The lowest BCUT2D eigenvalue weighted by atomic mass is 10.1. The summed E-state index contributed by atoms with van der Waals surface area (Å²) in [6.07, 6.45) is 0. The summed E-state index contributed by atoms with van der Waals surface area (Å²) in [5.74, 6) is 1.54. The number of nitrogens with zero attached hydrogens (tertiary/aromatic N) is 2. The van der Waals surface area contributed by atoms with E-state index in [1.807, 2.05) is 50.0 Å². The third-order valence-corrected chi connectivity index (χ3v) is 2.96. The average Bonchev–Trinajstić information content (AvgIpc) is 2.73. The Morgan fingerprint density at radius 2 is 2.17 bits per heavy atom. The van der Waals surface area contributed by atoms with Gasteiger partial charge in [-0.1, -0.05) is 11.6 Å². The molecule has 0 fully saturated rings. The van der Waals surface area contributed by atoms with Gasteiger partial charge in [0.2, 0.25) is 0 Å². The maximum absolute atomic E-state index is 6.18. The number of hydrogen-bond acceptors (Lipinski definition) is 3. The fourth-order valence-corrected chi connectivity index (χ4v) is 2.03. The van der Waals surface area contributed by atoms with Crippen LogP contribution in [0.25, 0.3) is 11.3 Å². The Kier molecular flexibility index (Phi) is 3.77. The van der Waals surface area contributed by atoms with Crippen molar-refractivity contribution < 1.29 is 4.74 Å². The summed E-state index contributed by atoms with van der Waals surface area (Å²) in [5.41, 5.74) is 2.02. The summed E-state index contributed by atoms with van der Waals surface area (Å²) in [6, 6.07) is 7.73. The molecule has 0 unspecified atom stereocenters. The minimum Gasteiger partial charge on any atom is -0.492 e. The fraction of sp³-hybridized carbons (Fsp3) is 0.308. The largest absolute Gasteiger partial charge is 0.492 e. The second-order valence-corrected chi connectivity index (χ2v) is 4.27. The highest BCUT2D eigenvalue weighted by Gasteiger charge is 2.09. The third-order valence-electron chi connectivity index (χ3n) is 2.66. The van der Waals surface area contributed by atoms with Gasteiger partial charge < -0.3 is 10.1 Å². The molecule has 5 heteroatoms. The average molecular weight is 266 g/mol. The predicted molar refractivity (Wildman–Crippen MR) is 74.4 cm³/mol. The summed E-state index contributed by atoms with van der Waals surface area (Å²) in [6.45, 7) is 2.54. The van der Waals surface area contributed by atoms with Gasteiger partial charge in [-0.3, -0.25) is 4.68 Å². The highest BCUT2D eigenvalue weighted by Crippen LogP contribution is 2.31. The number of aromatic nitrogens is 2. The smallest absolute Gasteiger partial charge is 0.148 e. The van der Waals surface area contributed by atoms with E-state index in [1.165, 1.54) is 0 Å². The van der Waals surface area contributed by atoms with Crippen LogP contribution in [0.15, 0.2) is 24.3 Å². The first-order valence-electron chi connectivity index (χ1n) is 5.80. The van der Waals surface area contributed by atoms with Crippen molar-refractivity contribution in [2.45, 2.75) is 6.92 Å². The number of halogens is 1. The molecule has 2 rings (SSSR count). The highest BCUT2D eigenvalue weighted by atomic mass is 35.5. The molecule has 0 aliphatic carbocycles. The van der Waals surface area contributed by atoms with E-state index >= 15 is 0 Å². The molecule has 18 heavy (non-hydrogen) atoms. The predicted octanol–water partition coefficient (Wildman–Crippen LogP) is 3.18. The minimum absolute atomic E-state index is 0.606. The highest BCUT2D eigenvalue weighted by molar-refractivity contribution is 6.32. The van der Waals surface area contributed by atoms with Crippen molar-refractivity contribution in [3.05, 3.63) is 29.3 Å². The van der Waals surface area contributed by atoms with Crippen LogP contribution >= 0.6 is 11.6 Å². The van der Waals surface area contributed by atoms with Crippen molar-refractivity contribution >= 4 is 17.4 Å². The van der Waals surface area contributed by atoms with Crippen LogP contribution in [-0.2, 0) is 7.05 Å². The number of anilines is 1.